The first-order valence-corrected chi connectivity index (χ1v) is 6.49. The highest BCUT2D eigenvalue weighted by atomic mass is 16.5. The lowest BCUT2D eigenvalue weighted by molar-refractivity contribution is -0.147. The summed E-state index contributed by atoms with van der Waals surface area (Å²) in [5.74, 6) is 1.17. The second-order valence-electron chi connectivity index (χ2n) is 4.89. The zero-order valence-electron chi connectivity index (χ0n) is 11.0. The molecule has 0 N–H and O–H groups in total. The fourth-order valence-corrected chi connectivity index (χ4v) is 2.67. The Labute approximate surface area is 108 Å². The molecule has 2 atom stereocenters. The fraction of sp³-hybridized carbons (Fsp3) is 0.533. The SMILES string of the molecule is COc1ccc(C[C@@H]2CCC[C@H]2OC(C)=O)cc1. The minimum atomic E-state index is -0.165. The van der Waals surface area contributed by atoms with Gasteiger partial charge in [-0.25, -0.2) is 0 Å². The first-order valence-electron chi connectivity index (χ1n) is 6.49. The van der Waals surface area contributed by atoms with Crippen LogP contribution in [0.5, 0.6) is 5.75 Å². The van der Waals surface area contributed by atoms with Crippen molar-refractivity contribution in [1.29, 1.82) is 0 Å². The first kappa shape index (κ1) is 12.9. The Morgan fingerprint density at radius 1 is 1.28 bits per heavy atom. The van der Waals surface area contributed by atoms with Crippen molar-refractivity contribution in [2.45, 2.75) is 38.7 Å². The molecular formula is C15H20O3. The van der Waals surface area contributed by atoms with Gasteiger partial charge in [0, 0.05) is 6.92 Å². The van der Waals surface area contributed by atoms with E-state index < -0.39 is 0 Å². The third-order valence-corrected chi connectivity index (χ3v) is 3.56. The van der Waals surface area contributed by atoms with E-state index in [1.54, 1.807) is 7.11 Å². The van der Waals surface area contributed by atoms with Gasteiger partial charge in [-0.05, 0) is 49.3 Å². The molecule has 98 valence electrons. The van der Waals surface area contributed by atoms with E-state index in [9.17, 15) is 4.79 Å². The highest BCUT2D eigenvalue weighted by Gasteiger charge is 2.29. The van der Waals surface area contributed by atoms with Crippen LogP contribution in [0.3, 0.4) is 0 Å². The average Bonchev–Trinajstić information content (AvgIpc) is 2.77. The van der Waals surface area contributed by atoms with Gasteiger partial charge in [-0.1, -0.05) is 12.1 Å². The molecule has 1 aromatic rings. The van der Waals surface area contributed by atoms with Gasteiger partial charge in [0.2, 0.25) is 0 Å². The summed E-state index contributed by atoms with van der Waals surface area (Å²) in [5, 5.41) is 0. The molecule has 0 amide bonds. The van der Waals surface area contributed by atoms with Crippen LogP contribution in [0.2, 0.25) is 0 Å². The molecule has 18 heavy (non-hydrogen) atoms. The van der Waals surface area contributed by atoms with E-state index in [0.29, 0.717) is 5.92 Å². The Kier molecular flexibility index (Phi) is 4.24. The van der Waals surface area contributed by atoms with Crippen LogP contribution in [0.15, 0.2) is 24.3 Å². The number of ether oxygens (including phenoxy) is 2. The molecule has 0 saturated heterocycles. The maximum atomic E-state index is 11.0. The zero-order valence-corrected chi connectivity index (χ0v) is 11.0. The molecule has 0 radical (unpaired) electrons. The molecule has 0 heterocycles. The number of carbonyl (C=O) groups is 1. The van der Waals surface area contributed by atoms with Crippen LogP contribution in [0.4, 0.5) is 0 Å². The summed E-state index contributed by atoms with van der Waals surface area (Å²) in [6.07, 6.45) is 4.37. The third-order valence-electron chi connectivity index (χ3n) is 3.56. The fourth-order valence-electron chi connectivity index (χ4n) is 2.67. The van der Waals surface area contributed by atoms with E-state index in [0.717, 1.165) is 31.4 Å². The van der Waals surface area contributed by atoms with Crippen molar-refractivity contribution in [3.8, 4) is 5.75 Å². The molecule has 0 unspecified atom stereocenters. The number of carbonyl (C=O) groups excluding carboxylic acids is 1. The number of benzene rings is 1. The van der Waals surface area contributed by atoms with Crippen molar-refractivity contribution >= 4 is 5.97 Å². The van der Waals surface area contributed by atoms with Crippen molar-refractivity contribution in [1.82, 2.24) is 0 Å². The molecule has 1 fully saturated rings. The average molecular weight is 248 g/mol. The Morgan fingerprint density at radius 3 is 2.61 bits per heavy atom. The van der Waals surface area contributed by atoms with Crippen LogP contribution in [-0.2, 0) is 16.0 Å². The van der Waals surface area contributed by atoms with E-state index in [1.165, 1.54) is 12.5 Å². The van der Waals surface area contributed by atoms with Gasteiger partial charge >= 0.3 is 5.97 Å². The van der Waals surface area contributed by atoms with Crippen LogP contribution in [-0.4, -0.2) is 19.2 Å². The van der Waals surface area contributed by atoms with Gasteiger partial charge in [0.25, 0.3) is 0 Å². The molecule has 3 heteroatoms. The van der Waals surface area contributed by atoms with Crippen LogP contribution >= 0.6 is 0 Å². The Morgan fingerprint density at radius 2 is 2.00 bits per heavy atom. The summed E-state index contributed by atoms with van der Waals surface area (Å²) in [6, 6.07) is 8.13. The summed E-state index contributed by atoms with van der Waals surface area (Å²) in [5.41, 5.74) is 1.28. The monoisotopic (exact) mass is 248 g/mol. The minimum absolute atomic E-state index is 0.101. The Hall–Kier alpha value is -1.51. The van der Waals surface area contributed by atoms with Crippen molar-refractivity contribution < 1.29 is 14.3 Å². The number of esters is 1. The molecule has 1 aliphatic rings. The maximum absolute atomic E-state index is 11.0. The van der Waals surface area contributed by atoms with Gasteiger partial charge in [0.15, 0.2) is 0 Å². The van der Waals surface area contributed by atoms with E-state index in [1.807, 2.05) is 12.1 Å². The smallest absolute Gasteiger partial charge is 0.302 e. The van der Waals surface area contributed by atoms with Crippen LogP contribution in [0.25, 0.3) is 0 Å². The van der Waals surface area contributed by atoms with Crippen molar-refractivity contribution in [3.05, 3.63) is 29.8 Å². The summed E-state index contributed by atoms with van der Waals surface area (Å²) in [7, 11) is 1.67. The molecular weight excluding hydrogens is 228 g/mol. The lowest BCUT2D eigenvalue weighted by Gasteiger charge is -2.19. The molecule has 0 aromatic heterocycles. The van der Waals surface area contributed by atoms with Gasteiger partial charge in [0.05, 0.1) is 7.11 Å². The van der Waals surface area contributed by atoms with Crippen molar-refractivity contribution in [3.63, 3.8) is 0 Å². The molecule has 1 saturated carbocycles. The highest BCUT2D eigenvalue weighted by Crippen LogP contribution is 2.31. The van der Waals surface area contributed by atoms with E-state index >= 15 is 0 Å². The second kappa shape index (κ2) is 5.89. The normalized spacial score (nSPS) is 22.8. The second-order valence-corrected chi connectivity index (χ2v) is 4.89. The predicted octanol–water partition coefficient (Wildman–Crippen LogP) is 2.97. The van der Waals surface area contributed by atoms with Crippen molar-refractivity contribution in [2.75, 3.05) is 7.11 Å². The lowest BCUT2D eigenvalue weighted by Crippen LogP contribution is -2.22. The highest BCUT2D eigenvalue weighted by molar-refractivity contribution is 5.66. The molecule has 2 rings (SSSR count). The molecule has 1 aromatic carbocycles. The first-order chi connectivity index (χ1) is 8.69. The molecule has 0 aliphatic heterocycles. The van der Waals surface area contributed by atoms with E-state index in [-0.39, 0.29) is 12.1 Å². The van der Waals surface area contributed by atoms with Crippen LogP contribution < -0.4 is 4.74 Å². The predicted molar refractivity (Wildman–Crippen MR) is 69.6 cm³/mol. The molecule has 0 spiro atoms. The van der Waals surface area contributed by atoms with Crippen molar-refractivity contribution in [2.24, 2.45) is 5.92 Å². The van der Waals surface area contributed by atoms with Gasteiger partial charge < -0.3 is 9.47 Å². The van der Waals surface area contributed by atoms with Gasteiger partial charge in [-0.15, -0.1) is 0 Å². The largest absolute Gasteiger partial charge is 0.497 e. The zero-order chi connectivity index (χ0) is 13.0. The van der Waals surface area contributed by atoms with E-state index in [2.05, 4.69) is 12.1 Å². The van der Waals surface area contributed by atoms with Gasteiger partial charge in [0.1, 0.15) is 11.9 Å². The lowest BCUT2D eigenvalue weighted by atomic mass is 9.96. The summed E-state index contributed by atoms with van der Waals surface area (Å²) in [6.45, 7) is 1.49. The number of hydrogen-bond donors (Lipinski definition) is 0. The topological polar surface area (TPSA) is 35.5 Å². The maximum Gasteiger partial charge on any atom is 0.302 e. The van der Waals surface area contributed by atoms with Crippen LogP contribution in [0.1, 0.15) is 31.7 Å². The Bertz CT molecular complexity index is 397. The van der Waals surface area contributed by atoms with Gasteiger partial charge in [-0.2, -0.15) is 0 Å². The van der Waals surface area contributed by atoms with E-state index in [4.69, 9.17) is 9.47 Å². The molecule has 0 bridgehead atoms. The minimum Gasteiger partial charge on any atom is -0.497 e. The number of hydrogen-bond acceptors (Lipinski definition) is 3. The molecule has 1 aliphatic carbocycles. The summed E-state index contributed by atoms with van der Waals surface area (Å²) in [4.78, 5) is 11.0. The number of methoxy groups -OCH3 is 1. The standard InChI is InChI=1S/C15H20O3/c1-11(16)18-15-5-3-4-13(15)10-12-6-8-14(17-2)9-7-12/h6-9,13,15H,3-5,10H2,1-2H3/t13-,15+/m0/s1. The summed E-state index contributed by atoms with van der Waals surface area (Å²) >= 11 is 0. The van der Waals surface area contributed by atoms with Gasteiger partial charge in [-0.3, -0.25) is 4.79 Å². The Balaban J connectivity index is 1.96. The third kappa shape index (κ3) is 3.25. The number of rotatable bonds is 4. The quantitative estimate of drug-likeness (QED) is 0.768. The summed E-state index contributed by atoms with van der Waals surface area (Å²) < 4.78 is 10.5. The van der Waals surface area contributed by atoms with Crippen LogP contribution in [0, 0.1) is 5.92 Å². The molecule has 3 nitrogen and oxygen atoms in total.